The Kier molecular flexibility index (Phi) is 6.46. The van der Waals surface area contributed by atoms with Gasteiger partial charge in [-0.25, -0.2) is 0 Å². The molecule has 0 aromatic heterocycles. The molecule has 0 aliphatic heterocycles. The standard InChI is InChI=1S/C19H31N3O/c1-19(2,17-8-6-5-7-9-17)15-21-18(20-3)22(4)12-13-23-14-16-10-11-16/h5-9,16H,10-15H2,1-4H3,(H,20,21). The van der Waals surface area contributed by atoms with Crippen LogP contribution in [0.2, 0.25) is 0 Å². The van der Waals surface area contributed by atoms with Crippen LogP contribution in [-0.2, 0) is 10.2 Å². The SMILES string of the molecule is CN=C(NCC(C)(C)c1ccccc1)N(C)CCOCC1CC1. The third kappa shape index (κ3) is 5.87. The minimum absolute atomic E-state index is 0.0561. The van der Waals surface area contributed by atoms with Gasteiger partial charge in [-0.1, -0.05) is 44.2 Å². The number of hydrogen-bond donors (Lipinski definition) is 1. The molecule has 1 N–H and O–H groups in total. The van der Waals surface area contributed by atoms with Gasteiger partial charge in [0.25, 0.3) is 0 Å². The second-order valence-electron chi connectivity index (χ2n) is 7.09. The second-order valence-corrected chi connectivity index (χ2v) is 7.09. The van der Waals surface area contributed by atoms with Crippen molar-refractivity contribution in [2.75, 3.05) is 40.4 Å². The molecule has 0 unspecified atom stereocenters. The molecule has 0 radical (unpaired) electrons. The molecule has 0 atom stereocenters. The van der Waals surface area contributed by atoms with Crippen molar-refractivity contribution in [2.45, 2.75) is 32.1 Å². The van der Waals surface area contributed by atoms with Crippen molar-refractivity contribution < 1.29 is 4.74 Å². The van der Waals surface area contributed by atoms with E-state index in [1.165, 1.54) is 18.4 Å². The smallest absolute Gasteiger partial charge is 0.193 e. The highest BCUT2D eigenvalue weighted by molar-refractivity contribution is 5.79. The number of rotatable bonds is 8. The Morgan fingerprint density at radius 3 is 2.61 bits per heavy atom. The van der Waals surface area contributed by atoms with Crippen molar-refractivity contribution in [1.82, 2.24) is 10.2 Å². The first kappa shape index (κ1) is 17.8. The fourth-order valence-electron chi connectivity index (χ4n) is 2.52. The van der Waals surface area contributed by atoms with Crippen molar-refractivity contribution >= 4 is 5.96 Å². The van der Waals surface area contributed by atoms with Crippen molar-refractivity contribution in [2.24, 2.45) is 10.9 Å². The molecule has 4 nitrogen and oxygen atoms in total. The second kappa shape index (κ2) is 8.34. The van der Waals surface area contributed by atoms with E-state index in [2.05, 4.69) is 66.4 Å². The molecule has 0 heterocycles. The van der Waals surface area contributed by atoms with E-state index >= 15 is 0 Å². The molecular weight excluding hydrogens is 286 g/mol. The van der Waals surface area contributed by atoms with Gasteiger partial charge < -0.3 is 15.0 Å². The van der Waals surface area contributed by atoms with Gasteiger partial charge in [0.2, 0.25) is 0 Å². The van der Waals surface area contributed by atoms with E-state index in [1.807, 2.05) is 7.05 Å². The lowest BCUT2D eigenvalue weighted by Crippen LogP contribution is -2.45. The summed E-state index contributed by atoms with van der Waals surface area (Å²) in [6, 6.07) is 10.6. The minimum Gasteiger partial charge on any atom is -0.379 e. The monoisotopic (exact) mass is 317 g/mol. The molecule has 1 saturated carbocycles. The molecule has 0 bridgehead atoms. The summed E-state index contributed by atoms with van der Waals surface area (Å²) in [7, 11) is 3.89. The third-order valence-corrected chi connectivity index (χ3v) is 4.44. The Bertz CT molecular complexity index is 495. The molecule has 1 aliphatic carbocycles. The van der Waals surface area contributed by atoms with Gasteiger partial charge in [0.1, 0.15) is 0 Å². The number of aliphatic imine (C=N–C) groups is 1. The first-order valence-electron chi connectivity index (χ1n) is 8.58. The van der Waals surface area contributed by atoms with Gasteiger partial charge in [0.15, 0.2) is 5.96 Å². The maximum Gasteiger partial charge on any atom is 0.193 e. The Balaban J connectivity index is 1.76. The molecule has 4 heteroatoms. The average Bonchev–Trinajstić information content (AvgIpc) is 3.37. The quantitative estimate of drug-likeness (QED) is 0.455. The van der Waals surface area contributed by atoms with E-state index in [9.17, 15) is 0 Å². The van der Waals surface area contributed by atoms with Gasteiger partial charge in [0.05, 0.1) is 6.61 Å². The van der Waals surface area contributed by atoms with Crippen molar-refractivity contribution in [1.29, 1.82) is 0 Å². The summed E-state index contributed by atoms with van der Waals surface area (Å²) in [5, 5.41) is 3.49. The average molecular weight is 317 g/mol. The molecule has 1 aromatic rings. The number of benzene rings is 1. The molecule has 23 heavy (non-hydrogen) atoms. The number of ether oxygens (including phenoxy) is 1. The number of guanidine groups is 1. The first-order valence-corrected chi connectivity index (χ1v) is 8.58. The van der Waals surface area contributed by atoms with Gasteiger partial charge >= 0.3 is 0 Å². The lowest BCUT2D eigenvalue weighted by atomic mass is 9.85. The van der Waals surface area contributed by atoms with Crippen LogP contribution in [0, 0.1) is 5.92 Å². The fourth-order valence-corrected chi connectivity index (χ4v) is 2.52. The van der Waals surface area contributed by atoms with Crippen LogP contribution >= 0.6 is 0 Å². The number of nitrogens with zero attached hydrogens (tertiary/aromatic N) is 2. The van der Waals surface area contributed by atoms with Crippen LogP contribution in [-0.4, -0.2) is 51.3 Å². The Hall–Kier alpha value is -1.55. The molecule has 1 aromatic carbocycles. The molecule has 1 aliphatic rings. The number of likely N-dealkylation sites (N-methyl/N-ethyl adjacent to an activating group) is 1. The Morgan fingerprint density at radius 2 is 2.00 bits per heavy atom. The maximum atomic E-state index is 5.71. The predicted molar refractivity (Wildman–Crippen MR) is 97.0 cm³/mol. The molecule has 2 rings (SSSR count). The zero-order chi connectivity index (χ0) is 16.7. The van der Waals surface area contributed by atoms with Crippen LogP contribution in [0.25, 0.3) is 0 Å². The number of hydrogen-bond acceptors (Lipinski definition) is 2. The van der Waals surface area contributed by atoms with E-state index in [4.69, 9.17) is 4.74 Å². The van der Waals surface area contributed by atoms with Crippen molar-refractivity contribution in [3.63, 3.8) is 0 Å². The van der Waals surface area contributed by atoms with Gasteiger partial charge in [-0.2, -0.15) is 0 Å². The summed E-state index contributed by atoms with van der Waals surface area (Å²) in [5.74, 6) is 1.74. The van der Waals surface area contributed by atoms with Crippen LogP contribution in [0.5, 0.6) is 0 Å². The minimum atomic E-state index is 0.0561. The van der Waals surface area contributed by atoms with Crippen LogP contribution in [0.15, 0.2) is 35.3 Å². The van der Waals surface area contributed by atoms with Crippen molar-refractivity contribution in [3.8, 4) is 0 Å². The zero-order valence-electron chi connectivity index (χ0n) is 15.0. The van der Waals surface area contributed by atoms with Gasteiger partial charge in [-0.15, -0.1) is 0 Å². The van der Waals surface area contributed by atoms with Crippen molar-refractivity contribution in [3.05, 3.63) is 35.9 Å². The van der Waals surface area contributed by atoms with E-state index < -0.39 is 0 Å². The summed E-state index contributed by atoms with van der Waals surface area (Å²) in [4.78, 5) is 6.52. The highest BCUT2D eigenvalue weighted by atomic mass is 16.5. The van der Waals surface area contributed by atoms with E-state index in [-0.39, 0.29) is 5.41 Å². The van der Waals surface area contributed by atoms with Gasteiger partial charge in [0, 0.05) is 39.2 Å². The maximum absolute atomic E-state index is 5.71. The normalized spacial score (nSPS) is 15.6. The summed E-state index contributed by atoms with van der Waals surface area (Å²) in [6.45, 7) is 7.88. The molecule has 0 spiro atoms. The topological polar surface area (TPSA) is 36.9 Å². The van der Waals surface area contributed by atoms with Crippen LogP contribution in [0.3, 0.4) is 0 Å². The van der Waals surface area contributed by atoms with E-state index in [1.54, 1.807) is 0 Å². The first-order chi connectivity index (χ1) is 11.0. The summed E-state index contributed by atoms with van der Waals surface area (Å²) >= 11 is 0. The van der Waals surface area contributed by atoms with Crippen LogP contribution in [0.4, 0.5) is 0 Å². The molecule has 1 fully saturated rings. The fraction of sp³-hybridized carbons (Fsp3) is 0.632. The lowest BCUT2D eigenvalue weighted by Gasteiger charge is -2.29. The highest BCUT2D eigenvalue weighted by Gasteiger charge is 2.22. The summed E-state index contributed by atoms with van der Waals surface area (Å²) in [5.41, 5.74) is 1.39. The van der Waals surface area contributed by atoms with E-state index in [0.717, 1.165) is 38.2 Å². The number of nitrogens with one attached hydrogen (secondary N) is 1. The largest absolute Gasteiger partial charge is 0.379 e. The summed E-state index contributed by atoms with van der Waals surface area (Å²) in [6.07, 6.45) is 2.68. The predicted octanol–water partition coefficient (Wildman–Crippen LogP) is 2.90. The highest BCUT2D eigenvalue weighted by Crippen LogP contribution is 2.28. The van der Waals surface area contributed by atoms with E-state index in [0.29, 0.717) is 0 Å². The third-order valence-electron chi connectivity index (χ3n) is 4.44. The Labute approximate surface area is 140 Å². The van der Waals surface area contributed by atoms with Gasteiger partial charge in [-0.05, 0) is 24.3 Å². The Morgan fingerprint density at radius 1 is 1.30 bits per heavy atom. The summed E-state index contributed by atoms with van der Waals surface area (Å²) < 4.78 is 5.71. The molecular formula is C19H31N3O. The van der Waals surface area contributed by atoms with Crippen LogP contribution in [0.1, 0.15) is 32.3 Å². The lowest BCUT2D eigenvalue weighted by molar-refractivity contribution is 0.115. The van der Waals surface area contributed by atoms with Gasteiger partial charge in [-0.3, -0.25) is 4.99 Å². The zero-order valence-corrected chi connectivity index (χ0v) is 15.0. The molecule has 0 saturated heterocycles. The molecule has 128 valence electrons. The molecule has 0 amide bonds. The van der Waals surface area contributed by atoms with Crippen LogP contribution < -0.4 is 5.32 Å².